The minimum atomic E-state index is -0.633. The summed E-state index contributed by atoms with van der Waals surface area (Å²) < 4.78 is 10.4. The number of rotatable bonds is 7. The fourth-order valence-corrected chi connectivity index (χ4v) is 2.87. The molecule has 148 valence electrons. The molecule has 0 bridgehead atoms. The predicted molar refractivity (Wildman–Crippen MR) is 103 cm³/mol. The van der Waals surface area contributed by atoms with E-state index in [1.807, 2.05) is 19.9 Å². The van der Waals surface area contributed by atoms with E-state index in [1.165, 1.54) is 7.11 Å². The molecule has 0 aliphatic carbocycles. The highest BCUT2D eigenvalue weighted by Crippen LogP contribution is 2.23. The van der Waals surface area contributed by atoms with Gasteiger partial charge in [0.2, 0.25) is 0 Å². The van der Waals surface area contributed by atoms with E-state index in [0.29, 0.717) is 12.0 Å². The Morgan fingerprint density at radius 1 is 1.30 bits per heavy atom. The highest BCUT2D eigenvalue weighted by Gasteiger charge is 2.35. The number of amides is 1. The summed E-state index contributed by atoms with van der Waals surface area (Å²) in [7, 11) is 1.34. The number of esters is 1. The quantitative estimate of drug-likeness (QED) is 0.733. The van der Waals surface area contributed by atoms with Crippen LogP contribution in [0.25, 0.3) is 0 Å². The van der Waals surface area contributed by atoms with Crippen LogP contribution in [-0.2, 0) is 20.7 Å². The first-order chi connectivity index (χ1) is 12.6. The molecule has 0 saturated carbocycles. The van der Waals surface area contributed by atoms with Crippen LogP contribution in [0, 0.1) is 23.2 Å². The summed E-state index contributed by atoms with van der Waals surface area (Å²) in [6.07, 6.45) is 0.562. The molecular formula is C21H30N2O4. The first-order valence-corrected chi connectivity index (χ1v) is 9.17. The van der Waals surface area contributed by atoms with Crippen molar-refractivity contribution in [2.75, 3.05) is 7.11 Å². The molecule has 1 aromatic carbocycles. The molecule has 0 aliphatic heterocycles. The Labute approximate surface area is 161 Å². The van der Waals surface area contributed by atoms with Gasteiger partial charge in [-0.05, 0) is 50.8 Å². The van der Waals surface area contributed by atoms with Crippen molar-refractivity contribution in [3.05, 3.63) is 35.4 Å². The van der Waals surface area contributed by atoms with Crippen molar-refractivity contribution < 1.29 is 19.1 Å². The van der Waals surface area contributed by atoms with Gasteiger partial charge in [-0.3, -0.25) is 4.79 Å². The van der Waals surface area contributed by atoms with E-state index >= 15 is 0 Å². The van der Waals surface area contributed by atoms with Crippen LogP contribution in [0.1, 0.15) is 52.2 Å². The minimum Gasteiger partial charge on any atom is -0.469 e. The van der Waals surface area contributed by atoms with Gasteiger partial charge in [0.25, 0.3) is 0 Å². The zero-order valence-electron chi connectivity index (χ0n) is 17.0. The second kappa shape index (κ2) is 9.96. The highest BCUT2D eigenvalue weighted by molar-refractivity contribution is 5.75. The molecule has 6 heteroatoms. The van der Waals surface area contributed by atoms with Crippen molar-refractivity contribution in [2.45, 2.75) is 59.1 Å². The summed E-state index contributed by atoms with van der Waals surface area (Å²) in [5, 5.41) is 12.0. The van der Waals surface area contributed by atoms with Gasteiger partial charge in [-0.2, -0.15) is 5.26 Å². The number of nitrogens with zero attached hydrogens (tertiary/aromatic N) is 1. The van der Waals surface area contributed by atoms with E-state index in [2.05, 4.69) is 11.4 Å². The van der Waals surface area contributed by atoms with Crippen LogP contribution in [0.5, 0.6) is 0 Å². The van der Waals surface area contributed by atoms with Gasteiger partial charge < -0.3 is 14.8 Å². The SMILES string of the molecule is CCC(C)C(NC(=O)OC(C)(C)C)C(Cc1cccc(C#N)c1)C(=O)OC. The van der Waals surface area contributed by atoms with Crippen molar-refractivity contribution >= 4 is 12.1 Å². The van der Waals surface area contributed by atoms with Crippen LogP contribution in [0.2, 0.25) is 0 Å². The van der Waals surface area contributed by atoms with Gasteiger partial charge >= 0.3 is 12.1 Å². The third-order valence-electron chi connectivity index (χ3n) is 4.39. The molecule has 1 aromatic rings. The molecule has 27 heavy (non-hydrogen) atoms. The molecule has 0 radical (unpaired) electrons. The monoisotopic (exact) mass is 374 g/mol. The Hall–Kier alpha value is -2.55. The molecule has 0 spiro atoms. The van der Waals surface area contributed by atoms with Crippen LogP contribution in [0.4, 0.5) is 4.79 Å². The molecular weight excluding hydrogens is 344 g/mol. The van der Waals surface area contributed by atoms with Crippen molar-refractivity contribution in [2.24, 2.45) is 11.8 Å². The summed E-state index contributed by atoms with van der Waals surface area (Å²) in [6.45, 7) is 9.34. The van der Waals surface area contributed by atoms with Gasteiger partial charge in [-0.25, -0.2) is 4.79 Å². The van der Waals surface area contributed by atoms with E-state index in [9.17, 15) is 9.59 Å². The number of alkyl carbamates (subject to hydrolysis) is 1. The molecule has 0 saturated heterocycles. The van der Waals surface area contributed by atoms with Crippen LogP contribution in [0.3, 0.4) is 0 Å². The fourth-order valence-electron chi connectivity index (χ4n) is 2.87. The van der Waals surface area contributed by atoms with Crippen molar-refractivity contribution in [3.8, 4) is 6.07 Å². The molecule has 1 N–H and O–H groups in total. The van der Waals surface area contributed by atoms with Gasteiger partial charge in [-0.15, -0.1) is 0 Å². The molecule has 0 aromatic heterocycles. The summed E-state index contributed by atoms with van der Waals surface area (Å²) >= 11 is 0. The Balaban J connectivity index is 3.13. The molecule has 1 rings (SSSR count). The zero-order chi connectivity index (χ0) is 20.6. The van der Waals surface area contributed by atoms with Crippen LogP contribution >= 0.6 is 0 Å². The molecule has 3 unspecified atom stereocenters. The Morgan fingerprint density at radius 3 is 2.48 bits per heavy atom. The average Bonchev–Trinajstić information content (AvgIpc) is 2.61. The summed E-state index contributed by atoms with van der Waals surface area (Å²) in [4.78, 5) is 24.8. The number of hydrogen-bond acceptors (Lipinski definition) is 5. The van der Waals surface area contributed by atoms with E-state index in [1.54, 1.807) is 39.0 Å². The maximum Gasteiger partial charge on any atom is 0.407 e. The number of nitrogens with one attached hydrogen (secondary N) is 1. The van der Waals surface area contributed by atoms with Gasteiger partial charge in [-0.1, -0.05) is 32.4 Å². The Bertz CT molecular complexity index is 688. The lowest BCUT2D eigenvalue weighted by atomic mass is 9.83. The first-order valence-electron chi connectivity index (χ1n) is 9.17. The fraction of sp³-hybridized carbons (Fsp3) is 0.571. The standard InChI is InChI=1S/C21H30N2O4/c1-7-14(2)18(23-20(25)27-21(3,4)5)17(19(24)26-6)12-15-9-8-10-16(11-15)13-22/h8-11,14,17-18H,7,12H2,1-6H3,(H,23,25). The third kappa shape index (κ3) is 7.30. The lowest BCUT2D eigenvalue weighted by Gasteiger charge is -2.31. The third-order valence-corrected chi connectivity index (χ3v) is 4.39. The number of carbonyl (C=O) groups excluding carboxylic acids is 2. The van der Waals surface area contributed by atoms with Crippen molar-refractivity contribution in [1.82, 2.24) is 5.32 Å². The largest absolute Gasteiger partial charge is 0.469 e. The summed E-state index contributed by atoms with van der Waals surface area (Å²) in [6, 6.07) is 8.74. The summed E-state index contributed by atoms with van der Waals surface area (Å²) in [5.74, 6) is -0.967. The van der Waals surface area contributed by atoms with Gasteiger partial charge in [0, 0.05) is 6.04 Å². The lowest BCUT2D eigenvalue weighted by Crippen LogP contribution is -2.49. The molecule has 6 nitrogen and oxygen atoms in total. The second-order valence-electron chi connectivity index (χ2n) is 7.70. The van der Waals surface area contributed by atoms with Crippen molar-refractivity contribution in [1.29, 1.82) is 5.26 Å². The number of benzene rings is 1. The smallest absolute Gasteiger partial charge is 0.407 e. The maximum atomic E-state index is 12.5. The van der Waals surface area contributed by atoms with Gasteiger partial charge in [0.05, 0.1) is 24.7 Å². The van der Waals surface area contributed by atoms with E-state index in [0.717, 1.165) is 12.0 Å². The number of carbonyl (C=O) groups is 2. The van der Waals surface area contributed by atoms with E-state index in [4.69, 9.17) is 14.7 Å². The van der Waals surface area contributed by atoms with Crippen LogP contribution < -0.4 is 5.32 Å². The Morgan fingerprint density at radius 2 is 1.96 bits per heavy atom. The molecule has 3 atom stereocenters. The molecule has 0 heterocycles. The molecule has 0 fully saturated rings. The van der Waals surface area contributed by atoms with E-state index < -0.39 is 29.6 Å². The second-order valence-corrected chi connectivity index (χ2v) is 7.70. The number of ether oxygens (including phenoxy) is 2. The average molecular weight is 374 g/mol. The highest BCUT2D eigenvalue weighted by atomic mass is 16.6. The van der Waals surface area contributed by atoms with Crippen molar-refractivity contribution in [3.63, 3.8) is 0 Å². The number of hydrogen-bond donors (Lipinski definition) is 1. The van der Waals surface area contributed by atoms with Crippen LogP contribution in [-0.4, -0.2) is 30.8 Å². The number of methoxy groups -OCH3 is 1. The maximum absolute atomic E-state index is 12.5. The van der Waals surface area contributed by atoms with Crippen LogP contribution in [0.15, 0.2) is 24.3 Å². The van der Waals surface area contributed by atoms with Gasteiger partial charge in [0.1, 0.15) is 5.60 Å². The van der Waals surface area contributed by atoms with E-state index in [-0.39, 0.29) is 5.92 Å². The number of nitriles is 1. The molecule has 1 amide bonds. The first kappa shape index (κ1) is 22.5. The Kier molecular flexibility index (Phi) is 8.30. The van der Waals surface area contributed by atoms with Gasteiger partial charge in [0.15, 0.2) is 0 Å². The normalized spacial score (nSPS) is 14.4. The predicted octanol–water partition coefficient (Wildman–Crippen LogP) is 3.83. The lowest BCUT2D eigenvalue weighted by molar-refractivity contribution is -0.147. The molecule has 0 aliphatic rings. The minimum absolute atomic E-state index is 0.0285. The zero-order valence-corrected chi connectivity index (χ0v) is 17.0. The topological polar surface area (TPSA) is 88.4 Å². The summed E-state index contributed by atoms with van der Waals surface area (Å²) in [5.41, 5.74) is 0.728.